The maximum atomic E-state index is 11.2. The zero-order chi connectivity index (χ0) is 12.0. The molecule has 4 heteroatoms. The topological polar surface area (TPSA) is 54.4 Å². The molecular formula is C13H14O3S. The molecule has 3 unspecified atom stereocenters. The van der Waals surface area contributed by atoms with Gasteiger partial charge in [0.15, 0.2) is 6.29 Å². The van der Waals surface area contributed by atoms with Crippen LogP contribution in [0.15, 0.2) is 6.07 Å². The van der Waals surface area contributed by atoms with Crippen LogP contribution in [0.3, 0.4) is 0 Å². The number of hydrogen-bond acceptors (Lipinski definition) is 3. The molecule has 3 nitrogen and oxygen atoms in total. The third-order valence-electron chi connectivity index (χ3n) is 4.23. The van der Waals surface area contributed by atoms with Crippen LogP contribution in [0.25, 0.3) is 0 Å². The maximum absolute atomic E-state index is 11.2. The zero-order valence-corrected chi connectivity index (χ0v) is 10.2. The van der Waals surface area contributed by atoms with E-state index >= 15 is 0 Å². The van der Waals surface area contributed by atoms with E-state index in [1.807, 2.05) is 0 Å². The molecule has 2 aliphatic carbocycles. The SMILES string of the molecule is O=Cc1cc(C2CC3CCC2C3)c(C(=O)O)s1. The second-order valence-corrected chi connectivity index (χ2v) is 6.22. The number of aromatic carboxylic acids is 1. The molecule has 1 aromatic heterocycles. The molecule has 2 aliphatic rings. The van der Waals surface area contributed by atoms with Crippen molar-refractivity contribution in [1.29, 1.82) is 0 Å². The Bertz CT molecular complexity index is 477. The Kier molecular flexibility index (Phi) is 2.54. The summed E-state index contributed by atoms with van der Waals surface area (Å²) in [6, 6.07) is 1.80. The quantitative estimate of drug-likeness (QED) is 0.838. The number of aldehydes is 1. The van der Waals surface area contributed by atoms with Crippen LogP contribution < -0.4 is 0 Å². The first-order valence-electron chi connectivity index (χ1n) is 6.01. The molecule has 1 N–H and O–H groups in total. The van der Waals surface area contributed by atoms with Gasteiger partial charge in [-0.2, -0.15) is 0 Å². The van der Waals surface area contributed by atoms with Crippen LogP contribution in [0, 0.1) is 11.8 Å². The van der Waals surface area contributed by atoms with E-state index in [-0.39, 0.29) is 0 Å². The van der Waals surface area contributed by atoms with Gasteiger partial charge in [-0.25, -0.2) is 4.79 Å². The molecule has 0 aliphatic heterocycles. The van der Waals surface area contributed by atoms with Crippen LogP contribution in [0.1, 0.15) is 56.5 Å². The average molecular weight is 250 g/mol. The van der Waals surface area contributed by atoms with Gasteiger partial charge >= 0.3 is 5.97 Å². The highest BCUT2D eigenvalue weighted by molar-refractivity contribution is 7.15. The number of hydrogen-bond donors (Lipinski definition) is 1. The lowest BCUT2D eigenvalue weighted by molar-refractivity contribution is 0.0700. The molecule has 0 saturated heterocycles. The van der Waals surface area contributed by atoms with E-state index in [4.69, 9.17) is 0 Å². The van der Waals surface area contributed by atoms with Gasteiger partial charge in [0.25, 0.3) is 0 Å². The van der Waals surface area contributed by atoms with Crippen molar-refractivity contribution in [2.75, 3.05) is 0 Å². The fourth-order valence-corrected chi connectivity index (χ4v) is 4.44. The monoisotopic (exact) mass is 250 g/mol. The molecule has 2 saturated carbocycles. The second kappa shape index (κ2) is 3.95. The third-order valence-corrected chi connectivity index (χ3v) is 5.29. The van der Waals surface area contributed by atoms with Gasteiger partial charge in [0, 0.05) is 0 Å². The summed E-state index contributed by atoms with van der Waals surface area (Å²) in [7, 11) is 0. The van der Waals surface area contributed by atoms with Gasteiger partial charge in [-0.05, 0) is 48.6 Å². The van der Waals surface area contributed by atoms with Crippen molar-refractivity contribution >= 4 is 23.6 Å². The zero-order valence-electron chi connectivity index (χ0n) is 9.39. The van der Waals surface area contributed by atoms with Gasteiger partial charge < -0.3 is 5.11 Å². The first kappa shape index (κ1) is 11.0. The van der Waals surface area contributed by atoms with Crippen molar-refractivity contribution < 1.29 is 14.7 Å². The van der Waals surface area contributed by atoms with Crippen molar-refractivity contribution in [3.63, 3.8) is 0 Å². The Hall–Kier alpha value is -1.16. The molecule has 90 valence electrons. The highest BCUT2D eigenvalue weighted by atomic mass is 32.1. The number of carboxylic acids is 1. The van der Waals surface area contributed by atoms with E-state index in [9.17, 15) is 14.7 Å². The smallest absolute Gasteiger partial charge is 0.346 e. The molecule has 1 aromatic rings. The summed E-state index contributed by atoms with van der Waals surface area (Å²) in [5.74, 6) is 0.920. The van der Waals surface area contributed by atoms with Crippen LogP contribution in [0.4, 0.5) is 0 Å². The molecule has 0 spiro atoms. The van der Waals surface area contributed by atoms with Gasteiger partial charge in [0.2, 0.25) is 0 Å². The van der Waals surface area contributed by atoms with Crippen molar-refractivity contribution in [3.8, 4) is 0 Å². The molecule has 17 heavy (non-hydrogen) atoms. The van der Waals surface area contributed by atoms with Crippen LogP contribution in [-0.2, 0) is 0 Å². The summed E-state index contributed by atoms with van der Waals surface area (Å²) in [6.07, 6.45) is 5.64. The predicted molar refractivity (Wildman–Crippen MR) is 64.9 cm³/mol. The van der Waals surface area contributed by atoms with Gasteiger partial charge in [0.05, 0.1) is 4.88 Å². The summed E-state index contributed by atoms with van der Waals surface area (Å²) >= 11 is 1.11. The molecule has 0 radical (unpaired) electrons. The van der Waals surface area contributed by atoms with E-state index in [1.54, 1.807) is 6.07 Å². The fourth-order valence-electron chi connectivity index (χ4n) is 3.55. The van der Waals surface area contributed by atoms with E-state index in [2.05, 4.69) is 0 Å². The lowest BCUT2D eigenvalue weighted by Crippen LogP contribution is -2.11. The normalized spacial score (nSPS) is 30.7. The summed E-state index contributed by atoms with van der Waals surface area (Å²) in [6.45, 7) is 0. The average Bonchev–Trinajstić information content (AvgIpc) is 3.02. The maximum Gasteiger partial charge on any atom is 0.346 e. The highest BCUT2D eigenvalue weighted by Crippen LogP contribution is 2.54. The summed E-state index contributed by atoms with van der Waals surface area (Å²) in [5, 5.41) is 9.20. The van der Waals surface area contributed by atoms with Crippen molar-refractivity contribution in [1.82, 2.24) is 0 Å². The molecular weight excluding hydrogens is 236 g/mol. The highest BCUT2D eigenvalue weighted by Gasteiger charge is 2.42. The lowest BCUT2D eigenvalue weighted by Gasteiger charge is -2.21. The van der Waals surface area contributed by atoms with Gasteiger partial charge in [-0.3, -0.25) is 4.79 Å². The Balaban J connectivity index is 1.99. The summed E-state index contributed by atoms with van der Waals surface area (Å²) in [5.41, 5.74) is 0.914. The Labute approximate surface area is 103 Å². The molecule has 0 aromatic carbocycles. The predicted octanol–water partition coefficient (Wildman–Crippen LogP) is 3.16. The number of fused-ring (bicyclic) bond motifs is 2. The molecule has 1 heterocycles. The number of rotatable bonds is 3. The van der Waals surface area contributed by atoms with E-state index in [0.29, 0.717) is 21.6 Å². The minimum atomic E-state index is -0.888. The van der Waals surface area contributed by atoms with E-state index in [1.165, 1.54) is 19.3 Å². The summed E-state index contributed by atoms with van der Waals surface area (Å²) < 4.78 is 0. The molecule has 2 bridgehead atoms. The Morgan fingerprint density at radius 1 is 1.41 bits per heavy atom. The number of carbonyl (C=O) groups excluding carboxylic acids is 1. The van der Waals surface area contributed by atoms with Gasteiger partial charge in [-0.15, -0.1) is 11.3 Å². The molecule has 2 fully saturated rings. The molecule has 3 rings (SSSR count). The van der Waals surface area contributed by atoms with E-state index in [0.717, 1.165) is 35.5 Å². The number of carboxylic acid groups (broad SMARTS) is 1. The molecule has 0 amide bonds. The molecule has 3 atom stereocenters. The number of thiophene rings is 1. The van der Waals surface area contributed by atoms with Crippen molar-refractivity contribution in [2.24, 2.45) is 11.8 Å². The number of carbonyl (C=O) groups is 2. The van der Waals surface area contributed by atoms with Gasteiger partial charge in [0.1, 0.15) is 4.88 Å². The standard InChI is InChI=1S/C13H14O3S/c14-6-9-5-11(12(17-9)13(15)16)10-4-7-1-2-8(10)3-7/h5-8,10H,1-4H2,(H,15,16). The second-order valence-electron chi connectivity index (χ2n) is 5.14. The Morgan fingerprint density at radius 2 is 2.24 bits per heavy atom. The minimum absolute atomic E-state index is 0.379. The van der Waals surface area contributed by atoms with Gasteiger partial charge in [-0.1, -0.05) is 6.42 Å². The van der Waals surface area contributed by atoms with E-state index < -0.39 is 5.97 Å². The van der Waals surface area contributed by atoms with Crippen molar-refractivity contribution in [3.05, 3.63) is 21.4 Å². The van der Waals surface area contributed by atoms with Crippen LogP contribution >= 0.6 is 11.3 Å². The van der Waals surface area contributed by atoms with Crippen LogP contribution in [0.2, 0.25) is 0 Å². The van der Waals surface area contributed by atoms with Crippen molar-refractivity contribution in [2.45, 2.75) is 31.6 Å². The Morgan fingerprint density at radius 3 is 2.76 bits per heavy atom. The lowest BCUT2D eigenvalue weighted by atomic mass is 9.83. The first-order chi connectivity index (χ1) is 8.19. The largest absolute Gasteiger partial charge is 0.477 e. The third kappa shape index (κ3) is 1.71. The van der Waals surface area contributed by atoms with Crippen LogP contribution in [0.5, 0.6) is 0 Å². The first-order valence-corrected chi connectivity index (χ1v) is 6.83. The fraction of sp³-hybridized carbons (Fsp3) is 0.538. The van der Waals surface area contributed by atoms with Crippen LogP contribution in [-0.4, -0.2) is 17.4 Å². The minimum Gasteiger partial charge on any atom is -0.477 e. The summed E-state index contributed by atoms with van der Waals surface area (Å²) in [4.78, 5) is 22.9.